The highest BCUT2D eigenvalue weighted by molar-refractivity contribution is 5.80. The Morgan fingerprint density at radius 1 is 1.10 bits per heavy atom. The number of guanidine groups is 1. The lowest BCUT2D eigenvalue weighted by atomic mass is 9.98. The number of anilines is 1. The molecule has 166 valence electrons. The molecule has 3 heterocycles. The number of hydrogen-bond acceptors (Lipinski definition) is 6. The van der Waals surface area contributed by atoms with Crippen LogP contribution in [0.4, 0.5) is 5.95 Å². The molecule has 0 bridgehead atoms. The van der Waals surface area contributed by atoms with Gasteiger partial charge in [0.2, 0.25) is 5.95 Å². The summed E-state index contributed by atoms with van der Waals surface area (Å²) < 4.78 is 5.28. The molecule has 2 aromatic rings. The van der Waals surface area contributed by atoms with Gasteiger partial charge >= 0.3 is 0 Å². The number of hydrogen-bond donors (Lipinski definition) is 1. The van der Waals surface area contributed by atoms with E-state index in [2.05, 4.69) is 59.2 Å². The molecule has 2 aliphatic heterocycles. The lowest BCUT2D eigenvalue weighted by Crippen LogP contribution is -2.50. The van der Waals surface area contributed by atoms with Gasteiger partial charge in [-0.2, -0.15) is 0 Å². The standard InChI is InChI=1S/C23H33N7O/c1-24-22(30-12-8-20(18-30)19-4-6-21(31-2)7-5-19)27-11-13-28-14-16-29(17-15-28)23-25-9-3-10-26-23/h3-7,9-10,20H,8,11-18H2,1-2H3,(H,24,27). The maximum absolute atomic E-state index is 5.28. The predicted octanol–water partition coefficient (Wildman–Crippen LogP) is 1.67. The van der Waals surface area contributed by atoms with Crippen molar-refractivity contribution in [3.63, 3.8) is 0 Å². The van der Waals surface area contributed by atoms with Crippen molar-refractivity contribution in [2.45, 2.75) is 12.3 Å². The quantitative estimate of drug-likeness (QED) is 0.560. The van der Waals surface area contributed by atoms with Crippen LogP contribution in [-0.2, 0) is 0 Å². The van der Waals surface area contributed by atoms with Gasteiger partial charge in [-0.25, -0.2) is 9.97 Å². The van der Waals surface area contributed by atoms with Crippen molar-refractivity contribution in [1.82, 2.24) is 25.1 Å². The molecule has 1 N–H and O–H groups in total. The van der Waals surface area contributed by atoms with E-state index in [-0.39, 0.29) is 0 Å². The van der Waals surface area contributed by atoms with Gasteiger partial charge in [-0.3, -0.25) is 9.89 Å². The van der Waals surface area contributed by atoms with Crippen LogP contribution in [0.2, 0.25) is 0 Å². The van der Waals surface area contributed by atoms with Crippen LogP contribution in [0, 0.1) is 0 Å². The van der Waals surface area contributed by atoms with E-state index in [4.69, 9.17) is 4.74 Å². The van der Waals surface area contributed by atoms with Crippen LogP contribution >= 0.6 is 0 Å². The lowest BCUT2D eigenvalue weighted by Gasteiger charge is -2.34. The Hall–Kier alpha value is -2.87. The summed E-state index contributed by atoms with van der Waals surface area (Å²) in [7, 11) is 3.58. The highest BCUT2D eigenvalue weighted by Crippen LogP contribution is 2.28. The van der Waals surface area contributed by atoms with Crippen LogP contribution in [0.5, 0.6) is 5.75 Å². The van der Waals surface area contributed by atoms with Gasteiger partial charge in [0.05, 0.1) is 7.11 Å². The normalized spacial score (nSPS) is 20.2. The van der Waals surface area contributed by atoms with Crippen molar-refractivity contribution in [3.05, 3.63) is 48.3 Å². The summed E-state index contributed by atoms with van der Waals surface area (Å²) in [6.45, 7) is 7.94. The third-order valence-corrected chi connectivity index (χ3v) is 6.21. The number of ether oxygens (including phenoxy) is 1. The zero-order chi connectivity index (χ0) is 21.5. The fourth-order valence-corrected chi connectivity index (χ4v) is 4.38. The monoisotopic (exact) mass is 423 g/mol. The molecular weight excluding hydrogens is 390 g/mol. The van der Waals surface area contributed by atoms with Crippen molar-refractivity contribution in [2.75, 3.05) is 71.4 Å². The summed E-state index contributed by atoms with van der Waals surface area (Å²) in [5, 5.41) is 3.57. The van der Waals surface area contributed by atoms with E-state index in [1.807, 2.05) is 25.5 Å². The minimum Gasteiger partial charge on any atom is -0.497 e. The number of aromatic nitrogens is 2. The Morgan fingerprint density at radius 3 is 2.52 bits per heavy atom. The first-order chi connectivity index (χ1) is 15.3. The molecule has 31 heavy (non-hydrogen) atoms. The van der Waals surface area contributed by atoms with E-state index in [0.29, 0.717) is 5.92 Å². The smallest absolute Gasteiger partial charge is 0.225 e. The summed E-state index contributed by atoms with van der Waals surface area (Å²) in [6, 6.07) is 10.3. The van der Waals surface area contributed by atoms with Crippen LogP contribution < -0.4 is 15.0 Å². The number of rotatable bonds is 6. The van der Waals surface area contributed by atoms with Crippen LogP contribution in [-0.4, -0.2) is 92.2 Å². The molecule has 2 aliphatic rings. The lowest BCUT2D eigenvalue weighted by molar-refractivity contribution is 0.259. The van der Waals surface area contributed by atoms with Crippen LogP contribution in [0.1, 0.15) is 17.9 Å². The topological polar surface area (TPSA) is 69.1 Å². The zero-order valence-electron chi connectivity index (χ0n) is 18.6. The number of piperazine rings is 1. The SMILES string of the molecule is CN=C(NCCN1CCN(c2ncccn2)CC1)N1CCC(c2ccc(OC)cc2)C1. The van der Waals surface area contributed by atoms with Gasteiger partial charge in [-0.05, 0) is 30.2 Å². The molecule has 8 nitrogen and oxygen atoms in total. The molecule has 1 aromatic carbocycles. The second-order valence-corrected chi connectivity index (χ2v) is 8.06. The van der Waals surface area contributed by atoms with Crippen LogP contribution in [0.15, 0.2) is 47.7 Å². The molecule has 1 atom stereocenters. The van der Waals surface area contributed by atoms with Gasteiger partial charge in [-0.15, -0.1) is 0 Å². The molecule has 0 saturated carbocycles. The first kappa shape index (κ1) is 21.4. The fourth-order valence-electron chi connectivity index (χ4n) is 4.38. The molecular formula is C23H33N7O. The highest BCUT2D eigenvalue weighted by atomic mass is 16.5. The maximum atomic E-state index is 5.28. The summed E-state index contributed by atoms with van der Waals surface area (Å²) >= 11 is 0. The Kier molecular flexibility index (Phi) is 7.19. The largest absolute Gasteiger partial charge is 0.497 e. The third kappa shape index (κ3) is 5.44. The van der Waals surface area contributed by atoms with Gasteiger partial charge in [0.1, 0.15) is 5.75 Å². The molecule has 2 saturated heterocycles. The molecule has 2 fully saturated rings. The van der Waals surface area contributed by atoms with Gasteiger partial charge in [0, 0.05) is 77.7 Å². The molecule has 0 radical (unpaired) electrons. The van der Waals surface area contributed by atoms with Gasteiger partial charge in [-0.1, -0.05) is 12.1 Å². The summed E-state index contributed by atoms with van der Waals surface area (Å²) in [4.78, 5) is 20.4. The predicted molar refractivity (Wildman–Crippen MR) is 124 cm³/mol. The van der Waals surface area contributed by atoms with Gasteiger partial charge < -0.3 is 19.9 Å². The summed E-state index contributed by atoms with van der Waals surface area (Å²) in [6.07, 6.45) is 4.76. The zero-order valence-corrected chi connectivity index (χ0v) is 18.6. The molecule has 8 heteroatoms. The van der Waals surface area contributed by atoms with Gasteiger partial charge in [0.15, 0.2) is 5.96 Å². The van der Waals surface area contributed by atoms with E-state index in [0.717, 1.165) is 76.4 Å². The number of methoxy groups -OCH3 is 1. The van der Waals surface area contributed by atoms with E-state index in [1.165, 1.54) is 5.56 Å². The van der Waals surface area contributed by atoms with Crippen molar-refractivity contribution in [2.24, 2.45) is 4.99 Å². The van der Waals surface area contributed by atoms with Crippen molar-refractivity contribution in [1.29, 1.82) is 0 Å². The minimum atomic E-state index is 0.540. The molecule has 1 unspecified atom stereocenters. The Balaban J connectivity index is 1.20. The first-order valence-corrected chi connectivity index (χ1v) is 11.1. The molecule has 0 aliphatic carbocycles. The summed E-state index contributed by atoms with van der Waals surface area (Å²) in [5.74, 6) is 3.29. The highest BCUT2D eigenvalue weighted by Gasteiger charge is 2.26. The Bertz CT molecular complexity index is 835. The van der Waals surface area contributed by atoms with Crippen LogP contribution in [0.25, 0.3) is 0 Å². The number of aliphatic imine (C=N–C) groups is 1. The maximum Gasteiger partial charge on any atom is 0.225 e. The second-order valence-electron chi connectivity index (χ2n) is 8.06. The number of nitrogens with one attached hydrogen (secondary N) is 1. The molecule has 4 rings (SSSR count). The Labute approximate surface area is 184 Å². The van der Waals surface area contributed by atoms with E-state index >= 15 is 0 Å². The van der Waals surface area contributed by atoms with Crippen molar-refractivity contribution >= 4 is 11.9 Å². The summed E-state index contributed by atoms with van der Waals surface area (Å²) in [5.41, 5.74) is 1.37. The van der Waals surface area contributed by atoms with Gasteiger partial charge in [0.25, 0.3) is 0 Å². The number of benzene rings is 1. The average molecular weight is 424 g/mol. The first-order valence-electron chi connectivity index (χ1n) is 11.1. The molecule has 1 aromatic heterocycles. The number of nitrogens with zero attached hydrogens (tertiary/aromatic N) is 6. The van der Waals surface area contributed by atoms with Crippen molar-refractivity contribution in [3.8, 4) is 5.75 Å². The second kappa shape index (κ2) is 10.4. The minimum absolute atomic E-state index is 0.540. The van der Waals surface area contributed by atoms with E-state index in [1.54, 1.807) is 7.11 Å². The van der Waals surface area contributed by atoms with Crippen molar-refractivity contribution < 1.29 is 4.74 Å². The Morgan fingerprint density at radius 2 is 1.84 bits per heavy atom. The number of likely N-dealkylation sites (tertiary alicyclic amines) is 1. The fraction of sp³-hybridized carbons (Fsp3) is 0.522. The average Bonchev–Trinajstić information content (AvgIpc) is 3.33. The molecule has 0 amide bonds. The molecule has 0 spiro atoms. The van der Waals surface area contributed by atoms with Crippen LogP contribution in [0.3, 0.4) is 0 Å². The third-order valence-electron chi connectivity index (χ3n) is 6.21. The van der Waals surface area contributed by atoms with E-state index in [9.17, 15) is 0 Å². The van der Waals surface area contributed by atoms with E-state index < -0.39 is 0 Å².